The molecule has 0 aliphatic heterocycles. The van der Waals surface area contributed by atoms with Crippen LogP contribution in [0.2, 0.25) is 0 Å². The van der Waals surface area contributed by atoms with E-state index in [9.17, 15) is 8.42 Å². The minimum atomic E-state index is -3.15. The first-order valence-corrected chi connectivity index (χ1v) is 11.9. The van der Waals surface area contributed by atoms with Gasteiger partial charge >= 0.3 is 0 Å². The monoisotopic (exact) mass is 415 g/mol. The first-order valence-electron chi connectivity index (χ1n) is 10.00. The van der Waals surface area contributed by atoms with Gasteiger partial charge in [0.2, 0.25) is 0 Å². The summed E-state index contributed by atoms with van der Waals surface area (Å²) < 4.78 is 23.1. The number of hydrogen-bond acceptors (Lipinski definition) is 3. The molecule has 0 aliphatic carbocycles. The molecule has 2 N–H and O–H groups in total. The van der Waals surface area contributed by atoms with E-state index in [0.29, 0.717) is 11.4 Å². The van der Waals surface area contributed by atoms with Gasteiger partial charge in [-0.05, 0) is 43.5 Å². The van der Waals surface area contributed by atoms with Gasteiger partial charge in [-0.15, -0.1) is 0 Å². The van der Waals surface area contributed by atoms with Gasteiger partial charge in [0.15, 0.2) is 15.8 Å². The van der Waals surface area contributed by atoms with Crippen molar-refractivity contribution in [3.05, 3.63) is 65.2 Å². The second-order valence-electron chi connectivity index (χ2n) is 8.04. The van der Waals surface area contributed by atoms with Crippen LogP contribution in [0.25, 0.3) is 0 Å². The lowest BCUT2D eigenvalue weighted by molar-refractivity contribution is 0.537. The molecule has 0 radical (unpaired) electrons. The van der Waals surface area contributed by atoms with Crippen molar-refractivity contribution >= 4 is 15.8 Å². The average molecular weight is 416 g/mol. The summed E-state index contributed by atoms with van der Waals surface area (Å²) in [5, 5.41) is 6.66. The van der Waals surface area contributed by atoms with E-state index in [0.717, 1.165) is 31.0 Å². The number of nitrogens with one attached hydrogen (secondary N) is 2. The van der Waals surface area contributed by atoms with Crippen molar-refractivity contribution in [2.75, 3.05) is 25.9 Å². The van der Waals surface area contributed by atoms with Crippen LogP contribution >= 0.6 is 0 Å². The Morgan fingerprint density at radius 3 is 2.34 bits per heavy atom. The largest absolute Gasteiger partial charge is 0.357 e. The summed E-state index contributed by atoms with van der Waals surface area (Å²) >= 11 is 0. The Morgan fingerprint density at radius 1 is 1.07 bits per heavy atom. The van der Waals surface area contributed by atoms with E-state index >= 15 is 0 Å². The zero-order valence-corrected chi connectivity index (χ0v) is 18.9. The maximum absolute atomic E-state index is 11.6. The fourth-order valence-electron chi connectivity index (χ4n) is 3.00. The second kappa shape index (κ2) is 9.92. The number of benzene rings is 2. The molecule has 5 nitrogen and oxygen atoms in total. The third-order valence-electron chi connectivity index (χ3n) is 4.83. The van der Waals surface area contributed by atoms with Crippen LogP contribution in [0.3, 0.4) is 0 Å². The fourth-order valence-corrected chi connectivity index (χ4v) is 3.63. The highest BCUT2D eigenvalue weighted by Crippen LogP contribution is 2.24. The molecule has 0 amide bonds. The average Bonchev–Trinajstić information content (AvgIpc) is 2.66. The maximum atomic E-state index is 11.6. The van der Waals surface area contributed by atoms with Gasteiger partial charge in [-0.25, -0.2) is 8.42 Å². The summed E-state index contributed by atoms with van der Waals surface area (Å²) in [6.45, 7) is 10.8. The Hall–Kier alpha value is -2.34. The Morgan fingerprint density at radius 2 is 1.76 bits per heavy atom. The van der Waals surface area contributed by atoms with E-state index < -0.39 is 9.84 Å². The number of aryl methyl sites for hydroxylation is 1. The predicted octanol–water partition coefficient (Wildman–Crippen LogP) is 3.47. The molecule has 6 heteroatoms. The number of guanidine groups is 1. The molecule has 0 aromatic heterocycles. The Bertz CT molecular complexity index is 933. The van der Waals surface area contributed by atoms with E-state index in [2.05, 4.69) is 55.7 Å². The zero-order valence-electron chi connectivity index (χ0n) is 18.1. The van der Waals surface area contributed by atoms with Gasteiger partial charge in [-0.2, -0.15) is 0 Å². The van der Waals surface area contributed by atoms with Crippen molar-refractivity contribution in [2.24, 2.45) is 4.99 Å². The summed E-state index contributed by atoms with van der Waals surface area (Å²) in [5.74, 6) is 0.793. The highest BCUT2D eigenvalue weighted by Gasteiger charge is 2.20. The summed E-state index contributed by atoms with van der Waals surface area (Å²) in [6.07, 6.45) is 2.01. The minimum absolute atomic E-state index is 0.0597. The molecule has 0 spiro atoms. The summed E-state index contributed by atoms with van der Waals surface area (Å²) in [4.78, 5) is 5.13. The van der Waals surface area contributed by atoms with Crippen LogP contribution in [0.15, 0.2) is 58.4 Å². The van der Waals surface area contributed by atoms with Crippen molar-refractivity contribution < 1.29 is 8.42 Å². The normalized spacial score (nSPS) is 12.7. The van der Waals surface area contributed by atoms with Crippen molar-refractivity contribution in [3.8, 4) is 0 Å². The lowest BCUT2D eigenvalue weighted by Gasteiger charge is -2.24. The molecule has 0 atom stereocenters. The van der Waals surface area contributed by atoms with E-state index in [1.807, 2.05) is 19.1 Å². The third-order valence-corrected chi connectivity index (χ3v) is 5.96. The Balaban J connectivity index is 1.97. The van der Waals surface area contributed by atoms with Gasteiger partial charge in [0, 0.05) is 24.8 Å². The zero-order chi connectivity index (χ0) is 21.5. The molecular formula is C23H33N3O2S. The maximum Gasteiger partial charge on any atom is 0.191 e. The molecular weight excluding hydrogens is 382 g/mol. The Kier molecular flexibility index (Phi) is 7.85. The summed E-state index contributed by atoms with van der Waals surface area (Å²) in [7, 11) is -3.15. The Labute approximate surface area is 175 Å². The first kappa shape index (κ1) is 22.9. The number of nitrogens with zero attached hydrogens (tertiary/aromatic N) is 1. The molecule has 0 bridgehead atoms. The van der Waals surface area contributed by atoms with E-state index in [1.165, 1.54) is 17.4 Å². The van der Waals surface area contributed by atoms with E-state index in [1.54, 1.807) is 12.1 Å². The minimum Gasteiger partial charge on any atom is -0.357 e. The molecule has 0 heterocycles. The van der Waals surface area contributed by atoms with Crippen LogP contribution in [-0.4, -0.2) is 40.3 Å². The van der Waals surface area contributed by atoms with Crippen LogP contribution in [0.1, 0.15) is 37.5 Å². The second-order valence-corrected chi connectivity index (χ2v) is 10.1. The van der Waals surface area contributed by atoms with Crippen LogP contribution in [0.4, 0.5) is 0 Å². The van der Waals surface area contributed by atoms with Crippen LogP contribution in [0, 0.1) is 6.92 Å². The molecule has 2 aromatic rings. The topological polar surface area (TPSA) is 70.6 Å². The number of aliphatic imine (C=N–C) groups is 1. The highest BCUT2D eigenvalue weighted by molar-refractivity contribution is 7.90. The lowest BCUT2D eigenvalue weighted by Crippen LogP contribution is -2.39. The lowest BCUT2D eigenvalue weighted by atomic mass is 9.84. The predicted molar refractivity (Wildman–Crippen MR) is 121 cm³/mol. The van der Waals surface area contributed by atoms with Crippen molar-refractivity contribution in [1.29, 1.82) is 0 Å². The van der Waals surface area contributed by atoms with Gasteiger partial charge in [-0.3, -0.25) is 4.99 Å². The number of rotatable bonds is 8. The van der Waals surface area contributed by atoms with Gasteiger partial charge in [0.25, 0.3) is 0 Å². The number of hydrogen-bond donors (Lipinski definition) is 2. The van der Waals surface area contributed by atoms with Crippen LogP contribution in [-0.2, 0) is 21.7 Å². The van der Waals surface area contributed by atoms with Crippen molar-refractivity contribution in [1.82, 2.24) is 10.6 Å². The molecule has 0 saturated heterocycles. The molecule has 2 aromatic carbocycles. The first-order chi connectivity index (χ1) is 13.6. The molecule has 0 aliphatic rings. The molecule has 158 valence electrons. The molecule has 0 unspecified atom stereocenters. The van der Waals surface area contributed by atoms with E-state index in [4.69, 9.17) is 4.99 Å². The molecule has 0 fully saturated rings. The molecule has 0 saturated carbocycles. The molecule has 2 rings (SSSR count). The van der Waals surface area contributed by atoms with Gasteiger partial charge < -0.3 is 10.6 Å². The van der Waals surface area contributed by atoms with Gasteiger partial charge in [-0.1, -0.05) is 55.8 Å². The summed E-state index contributed by atoms with van der Waals surface area (Å²) in [5.41, 5.74) is 3.56. The smallest absolute Gasteiger partial charge is 0.191 e. The van der Waals surface area contributed by atoms with Gasteiger partial charge in [0.05, 0.1) is 11.4 Å². The van der Waals surface area contributed by atoms with Crippen molar-refractivity contribution in [2.45, 2.75) is 44.4 Å². The highest BCUT2D eigenvalue weighted by atomic mass is 32.2. The third kappa shape index (κ3) is 7.20. The number of sulfone groups is 1. The van der Waals surface area contributed by atoms with Gasteiger partial charge in [0.1, 0.15) is 0 Å². The fraction of sp³-hybridized carbons (Fsp3) is 0.435. The standard InChI is InChI=1S/C23H33N3O2S/c1-6-24-22(26-17-23(3,4)20-9-7-8-18(2)16-20)25-15-14-19-10-12-21(13-11-19)29(5,27)28/h7-13,16H,6,14-15,17H2,1-5H3,(H2,24,25,26). The van der Waals surface area contributed by atoms with Crippen molar-refractivity contribution in [3.63, 3.8) is 0 Å². The summed E-state index contributed by atoms with van der Waals surface area (Å²) in [6, 6.07) is 15.6. The SMILES string of the molecule is CCNC(=NCC(C)(C)c1cccc(C)c1)NCCc1ccc(S(C)(=O)=O)cc1. The van der Waals surface area contributed by atoms with E-state index in [-0.39, 0.29) is 5.41 Å². The molecule has 29 heavy (non-hydrogen) atoms. The quantitative estimate of drug-likeness (QED) is 0.512. The van der Waals surface area contributed by atoms with Crippen LogP contribution < -0.4 is 10.6 Å². The van der Waals surface area contributed by atoms with Crippen LogP contribution in [0.5, 0.6) is 0 Å².